The smallest absolute Gasteiger partial charge is 0.305 e. The largest absolute Gasteiger partial charge is 0.466 e. The van der Waals surface area contributed by atoms with Crippen molar-refractivity contribution in [1.82, 2.24) is 5.32 Å². The van der Waals surface area contributed by atoms with Crippen molar-refractivity contribution in [2.75, 3.05) is 13.2 Å². The lowest BCUT2D eigenvalue weighted by molar-refractivity contribution is -0.143. The van der Waals surface area contributed by atoms with E-state index in [-0.39, 0.29) is 18.5 Å². The summed E-state index contributed by atoms with van der Waals surface area (Å²) in [6.45, 7) is 4.92. The standard InChI is InChI=1S/C67H129NO5/c1-3-5-7-9-11-13-15-17-19-20-21-22-23-24-25-28-32-35-39-43-47-51-55-59-65(70)64(63-69)68-66(71)60-56-52-48-44-40-36-33-29-26-27-30-34-38-42-46-50-54-58-62-73-67(72)61-57-53-49-45-41-37-31-18-16-14-12-10-8-6-4-2/h29,33,55,59,64-65,69-70H,3-28,30-32,34-54,56-58,60-63H2,1-2H3,(H,68,71)/b33-29-,59-55+. The van der Waals surface area contributed by atoms with Crippen molar-refractivity contribution >= 4 is 11.9 Å². The van der Waals surface area contributed by atoms with Gasteiger partial charge in [0.15, 0.2) is 0 Å². The Kier molecular flexibility index (Phi) is 61.4. The van der Waals surface area contributed by atoms with Crippen molar-refractivity contribution in [3.8, 4) is 0 Å². The van der Waals surface area contributed by atoms with Crippen molar-refractivity contribution in [2.45, 2.75) is 379 Å². The molecule has 3 N–H and O–H groups in total. The molecule has 0 aliphatic carbocycles. The quantitative estimate of drug-likeness (QED) is 0.0320. The molecule has 6 nitrogen and oxygen atoms in total. The third-order valence-corrected chi connectivity index (χ3v) is 15.5. The van der Waals surface area contributed by atoms with Crippen LogP contribution in [0, 0.1) is 0 Å². The zero-order valence-corrected chi connectivity index (χ0v) is 49.4. The van der Waals surface area contributed by atoms with Crippen molar-refractivity contribution in [1.29, 1.82) is 0 Å². The van der Waals surface area contributed by atoms with Gasteiger partial charge in [-0.05, 0) is 57.8 Å². The van der Waals surface area contributed by atoms with Crippen LogP contribution in [0.15, 0.2) is 24.3 Å². The van der Waals surface area contributed by atoms with Gasteiger partial charge < -0.3 is 20.3 Å². The second-order valence-electron chi connectivity index (χ2n) is 22.8. The van der Waals surface area contributed by atoms with Gasteiger partial charge in [-0.25, -0.2) is 0 Å². The van der Waals surface area contributed by atoms with Gasteiger partial charge in [0, 0.05) is 12.8 Å². The Hall–Kier alpha value is -1.66. The van der Waals surface area contributed by atoms with Crippen LogP contribution in [-0.2, 0) is 14.3 Å². The monoisotopic (exact) mass is 1030 g/mol. The number of amides is 1. The van der Waals surface area contributed by atoms with Crippen LogP contribution < -0.4 is 5.32 Å². The van der Waals surface area contributed by atoms with Gasteiger partial charge in [-0.2, -0.15) is 0 Å². The molecule has 6 heteroatoms. The van der Waals surface area contributed by atoms with E-state index in [0.717, 1.165) is 57.8 Å². The van der Waals surface area contributed by atoms with E-state index in [9.17, 15) is 19.8 Å². The van der Waals surface area contributed by atoms with Gasteiger partial charge >= 0.3 is 5.97 Å². The van der Waals surface area contributed by atoms with E-state index >= 15 is 0 Å². The zero-order chi connectivity index (χ0) is 52.9. The van der Waals surface area contributed by atoms with E-state index < -0.39 is 12.1 Å². The van der Waals surface area contributed by atoms with E-state index in [4.69, 9.17) is 4.74 Å². The molecule has 0 spiro atoms. The first-order valence-electron chi connectivity index (χ1n) is 33.1. The number of aliphatic hydroxyl groups is 2. The molecule has 2 atom stereocenters. The van der Waals surface area contributed by atoms with E-state index in [1.54, 1.807) is 6.08 Å². The van der Waals surface area contributed by atoms with E-state index in [1.807, 2.05) is 6.08 Å². The molecule has 432 valence electrons. The highest BCUT2D eigenvalue weighted by Gasteiger charge is 2.18. The molecule has 0 fully saturated rings. The number of esters is 1. The Labute approximate surface area is 456 Å². The Morgan fingerprint density at radius 1 is 0.370 bits per heavy atom. The number of rotatable bonds is 62. The number of ether oxygens (including phenoxy) is 1. The molecule has 0 heterocycles. The Bertz CT molecular complexity index is 1140. The van der Waals surface area contributed by atoms with Gasteiger partial charge in [0.25, 0.3) is 0 Å². The number of carbonyl (C=O) groups excluding carboxylic acids is 2. The molecule has 0 aromatic carbocycles. The van der Waals surface area contributed by atoms with Crippen molar-refractivity contribution in [2.24, 2.45) is 0 Å². The van der Waals surface area contributed by atoms with E-state index in [1.165, 1.54) is 283 Å². The zero-order valence-electron chi connectivity index (χ0n) is 49.4. The number of hydrogen-bond acceptors (Lipinski definition) is 5. The topological polar surface area (TPSA) is 95.9 Å². The van der Waals surface area contributed by atoms with Crippen LogP contribution in [0.2, 0.25) is 0 Å². The summed E-state index contributed by atoms with van der Waals surface area (Å²) in [6, 6.07) is -0.639. The predicted octanol–water partition coefficient (Wildman–Crippen LogP) is 21.0. The fourth-order valence-corrected chi connectivity index (χ4v) is 10.4. The number of allylic oxidation sites excluding steroid dienone is 3. The molecular weight excluding hydrogens is 899 g/mol. The summed E-state index contributed by atoms with van der Waals surface area (Å²) in [5.74, 6) is -0.0726. The van der Waals surface area contributed by atoms with Crippen LogP contribution in [0.3, 0.4) is 0 Å². The summed E-state index contributed by atoms with van der Waals surface area (Å²) in [5, 5.41) is 23.2. The fourth-order valence-electron chi connectivity index (χ4n) is 10.4. The Morgan fingerprint density at radius 2 is 0.644 bits per heavy atom. The number of nitrogens with one attached hydrogen (secondary N) is 1. The minimum absolute atomic E-state index is 0.00580. The normalized spacial score (nSPS) is 12.7. The van der Waals surface area contributed by atoms with E-state index in [0.29, 0.717) is 19.4 Å². The minimum Gasteiger partial charge on any atom is -0.466 e. The Balaban J connectivity index is 3.46. The summed E-state index contributed by atoms with van der Waals surface area (Å²) in [5.41, 5.74) is 0. The van der Waals surface area contributed by atoms with Gasteiger partial charge in [-0.3, -0.25) is 9.59 Å². The van der Waals surface area contributed by atoms with Gasteiger partial charge in [-0.15, -0.1) is 0 Å². The molecule has 1 amide bonds. The van der Waals surface area contributed by atoms with Gasteiger partial charge in [-0.1, -0.05) is 321 Å². The number of unbranched alkanes of at least 4 members (excludes halogenated alkanes) is 49. The van der Waals surface area contributed by atoms with Crippen LogP contribution in [0.5, 0.6) is 0 Å². The van der Waals surface area contributed by atoms with Gasteiger partial charge in [0.2, 0.25) is 5.91 Å². The van der Waals surface area contributed by atoms with Crippen molar-refractivity contribution in [3.05, 3.63) is 24.3 Å². The molecule has 0 aromatic rings. The molecule has 2 unspecified atom stereocenters. The van der Waals surface area contributed by atoms with Crippen LogP contribution >= 0.6 is 0 Å². The Morgan fingerprint density at radius 3 is 0.973 bits per heavy atom. The fraction of sp³-hybridized carbons (Fsp3) is 0.910. The molecule has 0 aliphatic heterocycles. The molecule has 0 aromatic heterocycles. The first-order chi connectivity index (χ1) is 36.0. The highest BCUT2D eigenvalue weighted by Crippen LogP contribution is 2.18. The summed E-state index contributed by atoms with van der Waals surface area (Å²) in [4.78, 5) is 24.6. The maximum Gasteiger partial charge on any atom is 0.305 e. The summed E-state index contributed by atoms with van der Waals surface area (Å²) in [6.07, 6.45) is 78.0. The molecule has 73 heavy (non-hydrogen) atoms. The lowest BCUT2D eigenvalue weighted by Gasteiger charge is -2.20. The molecule has 0 saturated heterocycles. The predicted molar refractivity (Wildman–Crippen MR) is 320 cm³/mol. The number of carbonyl (C=O) groups is 2. The first-order valence-corrected chi connectivity index (χ1v) is 33.1. The highest BCUT2D eigenvalue weighted by atomic mass is 16.5. The molecule has 0 saturated carbocycles. The lowest BCUT2D eigenvalue weighted by atomic mass is 10.0. The average molecular weight is 1030 g/mol. The van der Waals surface area contributed by atoms with Crippen LogP contribution in [0.1, 0.15) is 367 Å². The minimum atomic E-state index is -0.854. The molecule has 0 rings (SSSR count). The lowest BCUT2D eigenvalue weighted by Crippen LogP contribution is -2.45. The van der Waals surface area contributed by atoms with Crippen LogP contribution in [-0.4, -0.2) is 47.4 Å². The maximum absolute atomic E-state index is 12.5. The second-order valence-corrected chi connectivity index (χ2v) is 22.8. The number of aliphatic hydroxyl groups excluding tert-OH is 2. The molecular formula is C67H129NO5. The SMILES string of the molecule is CCCCCCCCCCCCCCCCCCCCCCC/C=C/C(O)C(CO)NC(=O)CCCCCCC/C=C\CCCCCCCCCCCOC(=O)CCCCCCCCCCCCCCCCC. The van der Waals surface area contributed by atoms with Crippen molar-refractivity contribution in [3.63, 3.8) is 0 Å². The molecule has 0 radical (unpaired) electrons. The second kappa shape index (κ2) is 62.9. The average Bonchev–Trinajstić information content (AvgIpc) is 3.39. The highest BCUT2D eigenvalue weighted by molar-refractivity contribution is 5.76. The summed E-state index contributed by atoms with van der Waals surface area (Å²) < 4.78 is 5.49. The molecule has 0 aliphatic rings. The summed E-state index contributed by atoms with van der Waals surface area (Å²) in [7, 11) is 0. The van der Waals surface area contributed by atoms with E-state index in [2.05, 4.69) is 31.3 Å². The third-order valence-electron chi connectivity index (χ3n) is 15.5. The van der Waals surface area contributed by atoms with Crippen LogP contribution in [0.4, 0.5) is 0 Å². The first kappa shape index (κ1) is 71.3. The van der Waals surface area contributed by atoms with Gasteiger partial charge in [0.1, 0.15) is 0 Å². The third kappa shape index (κ3) is 59.4. The van der Waals surface area contributed by atoms with Gasteiger partial charge in [0.05, 0.1) is 25.4 Å². The summed E-state index contributed by atoms with van der Waals surface area (Å²) >= 11 is 0. The van der Waals surface area contributed by atoms with Crippen LogP contribution in [0.25, 0.3) is 0 Å². The molecule has 0 bridgehead atoms. The van der Waals surface area contributed by atoms with Crippen molar-refractivity contribution < 1.29 is 24.5 Å². The maximum atomic E-state index is 12.5. The number of hydrogen-bond donors (Lipinski definition) is 3.